The first-order valence-corrected chi connectivity index (χ1v) is 8.07. The summed E-state index contributed by atoms with van der Waals surface area (Å²) >= 11 is 1.07. The number of carbonyl (C=O) groups excluding carboxylic acids is 1. The van der Waals surface area contributed by atoms with Crippen molar-refractivity contribution in [1.82, 2.24) is 0 Å². The molecule has 4 unspecified atom stereocenters. The Kier molecular flexibility index (Phi) is 4.20. The minimum absolute atomic E-state index is 0.00281. The van der Waals surface area contributed by atoms with Crippen molar-refractivity contribution < 1.29 is 45.2 Å². The van der Waals surface area contributed by atoms with Gasteiger partial charge >= 0.3 is 139 Å². The van der Waals surface area contributed by atoms with Crippen molar-refractivity contribution in [3.63, 3.8) is 0 Å². The molecule has 0 spiro atoms. The van der Waals surface area contributed by atoms with E-state index in [1.165, 1.54) is 9.49 Å². The number of allylic oxidation sites excluding steroid dienone is 4. The Bertz CT molecular complexity index is 568. The van der Waals surface area contributed by atoms with Crippen LogP contribution in [0.4, 0.5) is 0 Å². The van der Waals surface area contributed by atoms with E-state index < -0.39 is 0 Å². The van der Waals surface area contributed by atoms with Gasteiger partial charge in [0.05, 0.1) is 0 Å². The summed E-state index contributed by atoms with van der Waals surface area (Å²) in [4.78, 5) is 12.1. The molecule has 0 bridgehead atoms. The number of hydrogen-bond acceptors (Lipinski definition) is 3. The second-order valence-electron chi connectivity index (χ2n) is 5.08. The van der Waals surface area contributed by atoms with Crippen LogP contribution in [0.3, 0.4) is 0 Å². The van der Waals surface area contributed by atoms with Crippen molar-refractivity contribution in [2.24, 2.45) is 11.8 Å². The van der Waals surface area contributed by atoms with Crippen molar-refractivity contribution in [2.45, 2.75) is 12.2 Å². The molecule has 0 fully saturated rings. The van der Waals surface area contributed by atoms with Gasteiger partial charge in [0.2, 0.25) is 0 Å². The zero-order valence-corrected chi connectivity index (χ0v) is 14.1. The minimum atomic E-state index is -0.263. The fourth-order valence-electron chi connectivity index (χ4n) is 2.81. The molecule has 0 aromatic heterocycles. The van der Waals surface area contributed by atoms with Crippen LogP contribution in [0.15, 0.2) is 56.6 Å². The quantitative estimate of drug-likeness (QED) is 0.685. The van der Waals surface area contributed by atoms with Crippen molar-refractivity contribution in [1.29, 1.82) is 0 Å². The first kappa shape index (κ1) is 14.2. The summed E-state index contributed by atoms with van der Waals surface area (Å²) in [5.41, 5.74) is 0.700. The fraction of sp³-hybridized carbons (Fsp3) is 0.312. The number of methoxy groups -OCH3 is 1. The molecule has 0 radical (unpaired) electrons. The van der Waals surface area contributed by atoms with E-state index in [0.29, 0.717) is 5.57 Å². The van der Waals surface area contributed by atoms with E-state index in [9.17, 15) is 4.79 Å². The van der Waals surface area contributed by atoms with Crippen LogP contribution in [-0.4, -0.2) is 25.3 Å². The second kappa shape index (κ2) is 5.92. The summed E-state index contributed by atoms with van der Waals surface area (Å²) in [7, 11) is 1.43. The van der Waals surface area contributed by atoms with Crippen molar-refractivity contribution in [2.75, 3.05) is 7.11 Å². The topological polar surface area (TPSA) is 35.5 Å². The summed E-state index contributed by atoms with van der Waals surface area (Å²) in [6, 6.07) is 0. The Morgan fingerprint density at radius 3 is 2.80 bits per heavy atom. The molecule has 3 rings (SSSR count). The fourth-order valence-corrected chi connectivity index (χ4v) is 3.62. The molecule has 0 saturated carbocycles. The third kappa shape index (κ3) is 2.67. The van der Waals surface area contributed by atoms with Crippen LogP contribution >= 0.6 is 0 Å². The SMILES string of the molecule is COC(=O)C1=CC2C=[C]([Y])C=CC2OC2C=CC=CC12. The van der Waals surface area contributed by atoms with Crippen LogP contribution < -0.4 is 0 Å². The van der Waals surface area contributed by atoms with Crippen LogP contribution in [-0.2, 0) is 45.2 Å². The first-order chi connectivity index (χ1) is 9.69. The normalized spacial score (nSPS) is 34.4. The number of carbonyl (C=O) groups is 1. The third-order valence-corrected chi connectivity index (χ3v) is 4.74. The molecule has 100 valence electrons. The summed E-state index contributed by atoms with van der Waals surface area (Å²) in [6.45, 7) is 0. The molecule has 4 heteroatoms. The number of esters is 1. The summed E-state index contributed by atoms with van der Waals surface area (Å²) < 4.78 is 12.4. The van der Waals surface area contributed by atoms with Crippen LogP contribution in [0.1, 0.15) is 0 Å². The molecule has 0 amide bonds. The Balaban J connectivity index is 2.03. The molecule has 0 aromatic carbocycles. The molecule has 0 N–H and O–H groups in total. The zero-order chi connectivity index (χ0) is 14.1. The van der Waals surface area contributed by atoms with E-state index in [0.717, 1.165) is 31.0 Å². The Hall–Kier alpha value is -0.766. The molecule has 1 aliphatic heterocycles. The average Bonchev–Trinajstić information content (AvgIpc) is 2.63. The summed E-state index contributed by atoms with van der Waals surface area (Å²) in [5, 5.41) is 0. The van der Waals surface area contributed by atoms with Gasteiger partial charge in [-0.15, -0.1) is 0 Å². The maximum atomic E-state index is 12.1. The van der Waals surface area contributed by atoms with Gasteiger partial charge in [-0.05, 0) is 0 Å². The van der Waals surface area contributed by atoms with Crippen LogP contribution in [0.5, 0.6) is 0 Å². The van der Waals surface area contributed by atoms with Crippen molar-refractivity contribution >= 4 is 5.97 Å². The molecule has 0 saturated heterocycles. The van der Waals surface area contributed by atoms with Gasteiger partial charge in [-0.25, -0.2) is 0 Å². The number of ether oxygens (including phenoxy) is 2. The maximum absolute atomic E-state index is 12.1. The average molecular weight is 344 g/mol. The predicted molar refractivity (Wildman–Crippen MR) is 71.2 cm³/mol. The monoisotopic (exact) mass is 344 g/mol. The third-order valence-electron chi connectivity index (χ3n) is 3.79. The van der Waals surface area contributed by atoms with E-state index in [1.807, 2.05) is 30.4 Å². The first-order valence-electron chi connectivity index (χ1n) is 6.65. The van der Waals surface area contributed by atoms with Gasteiger partial charge in [0.1, 0.15) is 0 Å². The molecular weight excluding hydrogens is 329 g/mol. The van der Waals surface area contributed by atoms with Gasteiger partial charge in [-0.3, -0.25) is 0 Å². The number of hydrogen-bond donors (Lipinski definition) is 0. The van der Waals surface area contributed by atoms with E-state index in [1.54, 1.807) is 0 Å². The molecular formula is C16H15O3Y. The Morgan fingerprint density at radius 1 is 1.20 bits per heavy atom. The van der Waals surface area contributed by atoms with Gasteiger partial charge in [-0.1, -0.05) is 0 Å². The summed E-state index contributed by atoms with van der Waals surface area (Å²) in [6.07, 6.45) is 16.3. The molecule has 20 heavy (non-hydrogen) atoms. The van der Waals surface area contributed by atoms with Gasteiger partial charge in [-0.2, -0.15) is 0 Å². The van der Waals surface area contributed by atoms with Gasteiger partial charge < -0.3 is 0 Å². The molecule has 2 aliphatic carbocycles. The molecule has 3 aliphatic rings. The van der Waals surface area contributed by atoms with Crippen molar-refractivity contribution in [3.8, 4) is 0 Å². The van der Waals surface area contributed by atoms with Gasteiger partial charge in [0, 0.05) is 0 Å². The predicted octanol–water partition coefficient (Wildman–Crippen LogP) is 2.21. The van der Waals surface area contributed by atoms with E-state index in [-0.39, 0.29) is 30.0 Å². The van der Waals surface area contributed by atoms with E-state index in [2.05, 4.69) is 18.2 Å². The second-order valence-corrected chi connectivity index (χ2v) is 6.72. The van der Waals surface area contributed by atoms with Gasteiger partial charge in [0.25, 0.3) is 0 Å². The Morgan fingerprint density at radius 2 is 2.00 bits per heavy atom. The van der Waals surface area contributed by atoms with Crippen LogP contribution in [0.2, 0.25) is 0 Å². The van der Waals surface area contributed by atoms with Gasteiger partial charge in [0.15, 0.2) is 0 Å². The van der Waals surface area contributed by atoms with Crippen LogP contribution in [0.25, 0.3) is 0 Å². The Labute approximate surface area is 138 Å². The molecule has 3 nitrogen and oxygen atoms in total. The van der Waals surface area contributed by atoms with E-state index in [4.69, 9.17) is 9.47 Å². The number of fused-ring (bicyclic) bond motifs is 2. The number of rotatable bonds is 1. The molecule has 4 atom stereocenters. The molecule has 1 heterocycles. The summed E-state index contributed by atoms with van der Waals surface area (Å²) in [5.74, 6) is -0.204. The van der Waals surface area contributed by atoms with E-state index >= 15 is 0 Å². The molecule has 0 aromatic rings. The zero-order valence-electron chi connectivity index (χ0n) is 11.2. The van der Waals surface area contributed by atoms with Crippen LogP contribution in [0, 0.1) is 11.8 Å². The standard InChI is InChI=1S/C16H15O3.Y/c1-18-16(17)13-10-11-6-2-4-8-14(11)19-15-9-5-3-7-12(13)15;/h3-12,14-15H,1H3;. The van der Waals surface area contributed by atoms with Crippen molar-refractivity contribution in [3.05, 3.63) is 56.6 Å².